The number of ether oxygens (including phenoxy) is 1. The first-order valence-corrected chi connectivity index (χ1v) is 11.6. The Morgan fingerprint density at radius 3 is 2.56 bits per heavy atom. The highest BCUT2D eigenvalue weighted by Crippen LogP contribution is 2.28. The SMILES string of the molecule is CN(C)S(=O)(=O)N1CCN(C(=O)c2ccccc2SCC2CCCO2)CC1. The summed E-state index contributed by atoms with van der Waals surface area (Å²) in [6, 6.07) is 7.63. The van der Waals surface area contributed by atoms with Gasteiger partial charge in [-0.15, -0.1) is 11.8 Å². The van der Waals surface area contributed by atoms with E-state index in [4.69, 9.17) is 4.74 Å². The monoisotopic (exact) mass is 413 g/mol. The van der Waals surface area contributed by atoms with Crippen LogP contribution in [-0.2, 0) is 14.9 Å². The van der Waals surface area contributed by atoms with Gasteiger partial charge in [0.05, 0.1) is 11.7 Å². The van der Waals surface area contributed by atoms with Crippen molar-refractivity contribution in [2.24, 2.45) is 0 Å². The molecule has 1 aromatic carbocycles. The summed E-state index contributed by atoms with van der Waals surface area (Å²) in [7, 11) is -0.385. The molecule has 0 bridgehead atoms. The molecule has 2 fully saturated rings. The van der Waals surface area contributed by atoms with E-state index in [1.165, 1.54) is 22.7 Å². The molecule has 0 saturated carbocycles. The highest BCUT2D eigenvalue weighted by atomic mass is 32.2. The van der Waals surface area contributed by atoms with Crippen molar-refractivity contribution in [1.82, 2.24) is 13.5 Å². The zero-order valence-electron chi connectivity index (χ0n) is 15.8. The van der Waals surface area contributed by atoms with E-state index >= 15 is 0 Å². The molecular formula is C18H27N3O4S2. The van der Waals surface area contributed by atoms with Crippen molar-refractivity contribution >= 4 is 27.9 Å². The van der Waals surface area contributed by atoms with E-state index < -0.39 is 10.2 Å². The molecule has 0 aromatic heterocycles. The van der Waals surface area contributed by atoms with Crippen molar-refractivity contribution in [2.45, 2.75) is 23.8 Å². The summed E-state index contributed by atoms with van der Waals surface area (Å²) in [5.74, 6) is 0.812. The van der Waals surface area contributed by atoms with Gasteiger partial charge in [-0.05, 0) is 25.0 Å². The van der Waals surface area contributed by atoms with Gasteiger partial charge in [-0.2, -0.15) is 17.0 Å². The van der Waals surface area contributed by atoms with Crippen LogP contribution in [0, 0.1) is 0 Å². The molecule has 2 aliphatic heterocycles. The minimum atomic E-state index is -3.43. The summed E-state index contributed by atoms with van der Waals surface area (Å²) in [5, 5.41) is 0. The van der Waals surface area contributed by atoms with Gasteiger partial charge in [0.2, 0.25) is 0 Å². The number of hydrogen-bond acceptors (Lipinski definition) is 5. The molecule has 2 aliphatic rings. The first-order chi connectivity index (χ1) is 12.9. The first-order valence-electron chi connectivity index (χ1n) is 9.20. The van der Waals surface area contributed by atoms with Gasteiger partial charge in [0.1, 0.15) is 0 Å². The van der Waals surface area contributed by atoms with Crippen molar-refractivity contribution in [3.8, 4) is 0 Å². The standard InChI is InChI=1S/C18H27N3O4S2/c1-19(2)27(23,24)21-11-9-20(10-12-21)18(22)16-7-3-4-8-17(16)26-14-15-6-5-13-25-15/h3-4,7-8,15H,5-6,9-14H2,1-2H3. The van der Waals surface area contributed by atoms with Gasteiger partial charge in [0.15, 0.2) is 0 Å². The van der Waals surface area contributed by atoms with Crippen LogP contribution in [0.1, 0.15) is 23.2 Å². The van der Waals surface area contributed by atoms with Crippen LogP contribution < -0.4 is 0 Å². The molecule has 9 heteroatoms. The predicted molar refractivity (Wildman–Crippen MR) is 106 cm³/mol. The van der Waals surface area contributed by atoms with E-state index in [0.29, 0.717) is 31.7 Å². The van der Waals surface area contributed by atoms with E-state index in [1.807, 2.05) is 24.3 Å². The van der Waals surface area contributed by atoms with Gasteiger partial charge in [-0.1, -0.05) is 12.1 Å². The molecule has 0 N–H and O–H groups in total. The number of nitrogens with zero attached hydrogens (tertiary/aromatic N) is 3. The zero-order chi connectivity index (χ0) is 19.4. The molecule has 1 aromatic rings. The Morgan fingerprint density at radius 1 is 1.22 bits per heavy atom. The maximum atomic E-state index is 13.0. The predicted octanol–water partition coefficient (Wildman–Crippen LogP) is 1.52. The van der Waals surface area contributed by atoms with Crippen LogP contribution in [0.5, 0.6) is 0 Å². The normalized spacial score (nSPS) is 21.7. The number of carbonyl (C=O) groups excluding carboxylic acids is 1. The lowest BCUT2D eigenvalue weighted by molar-refractivity contribution is 0.0691. The summed E-state index contributed by atoms with van der Waals surface area (Å²) in [6.07, 6.45) is 2.44. The average molecular weight is 414 g/mol. The summed E-state index contributed by atoms with van der Waals surface area (Å²) in [4.78, 5) is 15.7. The van der Waals surface area contributed by atoms with E-state index in [0.717, 1.165) is 30.1 Å². The molecule has 2 heterocycles. The number of amides is 1. The fourth-order valence-corrected chi connectivity index (χ4v) is 5.45. The van der Waals surface area contributed by atoms with Crippen molar-refractivity contribution in [3.05, 3.63) is 29.8 Å². The smallest absolute Gasteiger partial charge is 0.281 e. The summed E-state index contributed by atoms with van der Waals surface area (Å²) < 4.78 is 32.8. The average Bonchev–Trinajstić information content (AvgIpc) is 3.19. The lowest BCUT2D eigenvalue weighted by Crippen LogP contribution is -2.53. The molecule has 1 unspecified atom stereocenters. The van der Waals surface area contributed by atoms with Crippen molar-refractivity contribution < 1.29 is 17.9 Å². The third-order valence-corrected chi connectivity index (χ3v) is 8.03. The molecule has 27 heavy (non-hydrogen) atoms. The van der Waals surface area contributed by atoms with Gasteiger partial charge >= 0.3 is 0 Å². The molecular weight excluding hydrogens is 386 g/mol. The quantitative estimate of drug-likeness (QED) is 0.662. The molecule has 150 valence electrons. The van der Waals surface area contributed by atoms with Crippen LogP contribution in [0.3, 0.4) is 0 Å². The number of thioether (sulfide) groups is 1. The fraction of sp³-hybridized carbons (Fsp3) is 0.611. The molecule has 7 nitrogen and oxygen atoms in total. The van der Waals surface area contributed by atoms with E-state index in [9.17, 15) is 13.2 Å². The topological polar surface area (TPSA) is 70.2 Å². The highest BCUT2D eigenvalue weighted by Gasteiger charge is 2.31. The Hall–Kier alpha value is -1.13. The summed E-state index contributed by atoms with van der Waals surface area (Å²) in [6.45, 7) is 2.26. The molecule has 0 spiro atoms. The highest BCUT2D eigenvalue weighted by molar-refractivity contribution is 7.99. The Balaban J connectivity index is 1.63. The molecule has 1 atom stereocenters. The lowest BCUT2D eigenvalue weighted by Gasteiger charge is -2.35. The Labute approximate surface area is 165 Å². The molecule has 3 rings (SSSR count). The van der Waals surface area contributed by atoms with E-state index in [1.54, 1.807) is 16.7 Å². The van der Waals surface area contributed by atoms with Crippen LogP contribution >= 0.6 is 11.8 Å². The van der Waals surface area contributed by atoms with Crippen LogP contribution in [0.4, 0.5) is 0 Å². The number of piperazine rings is 1. The number of carbonyl (C=O) groups is 1. The van der Waals surface area contributed by atoms with E-state index in [2.05, 4.69) is 0 Å². The van der Waals surface area contributed by atoms with Crippen molar-refractivity contribution in [3.63, 3.8) is 0 Å². The Kier molecular flexibility index (Phi) is 6.80. The lowest BCUT2D eigenvalue weighted by atomic mass is 10.2. The van der Waals surface area contributed by atoms with Gasteiger partial charge < -0.3 is 9.64 Å². The Bertz CT molecular complexity index is 756. The van der Waals surface area contributed by atoms with Crippen molar-refractivity contribution in [1.29, 1.82) is 0 Å². The zero-order valence-corrected chi connectivity index (χ0v) is 17.5. The maximum absolute atomic E-state index is 13.0. The van der Waals surface area contributed by atoms with Gasteiger partial charge in [0, 0.05) is 57.5 Å². The third kappa shape index (κ3) is 4.83. The van der Waals surface area contributed by atoms with Gasteiger partial charge in [0.25, 0.3) is 16.1 Å². The molecule has 0 radical (unpaired) electrons. The van der Waals surface area contributed by atoms with Crippen LogP contribution in [0.25, 0.3) is 0 Å². The Morgan fingerprint density at radius 2 is 1.93 bits per heavy atom. The second-order valence-electron chi connectivity index (χ2n) is 6.92. The minimum absolute atomic E-state index is 0.0349. The number of rotatable bonds is 6. The second-order valence-corrected chi connectivity index (χ2v) is 10.1. The van der Waals surface area contributed by atoms with Crippen LogP contribution in [0.15, 0.2) is 29.2 Å². The maximum Gasteiger partial charge on any atom is 0.281 e. The van der Waals surface area contributed by atoms with Gasteiger partial charge in [-0.3, -0.25) is 4.79 Å². The number of hydrogen-bond donors (Lipinski definition) is 0. The van der Waals surface area contributed by atoms with Crippen LogP contribution in [-0.4, -0.2) is 86.6 Å². The van der Waals surface area contributed by atoms with Crippen molar-refractivity contribution in [2.75, 3.05) is 52.6 Å². The van der Waals surface area contributed by atoms with E-state index in [-0.39, 0.29) is 12.0 Å². The third-order valence-electron chi connectivity index (χ3n) is 4.88. The summed E-state index contributed by atoms with van der Waals surface area (Å²) >= 11 is 1.66. The number of benzene rings is 1. The largest absolute Gasteiger partial charge is 0.377 e. The van der Waals surface area contributed by atoms with Crippen LogP contribution in [0.2, 0.25) is 0 Å². The minimum Gasteiger partial charge on any atom is -0.377 e. The first kappa shape index (κ1) is 20.6. The molecule has 0 aliphatic carbocycles. The molecule has 2 saturated heterocycles. The summed E-state index contributed by atoms with van der Waals surface area (Å²) in [5.41, 5.74) is 0.685. The second kappa shape index (κ2) is 8.91. The fourth-order valence-electron chi connectivity index (χ4n) is 3.25. The van der Waals surface area contributed by atoms with Gasteiger partial charge in [-0.25, -0.2) is 0 Å². The molecule has 1 amide bonds.